The van der Waals surface area contributed by atoms with Crippen molar-refractivity contribution < 1.29 is 4.79 Å². The lowest BCUT2D eigenvalue weighted by Gasteiger charge is -2.06. The van der Waals surface area contributed by atoms with Crippen molar-refractivity contribution in [1.82, 2.24) is 5.32 Å². The van der Waals surface area contributed by atoms with Gasteiger partial charge in [-0.1, -0.05) is 32.0 Å². The molecule has 2 rings (SSSR count). The zero-order valence-electron chi connectivity index (χ0n) is 10.9. The molecule has 0 aliphatic carbocycles. The predicted octanol–water partition coefficient (Wildman–Crippen LogP) is 3.40. The molecule has 2 aromatic rings. The van der Waals surface area contributed by atoms with Gasteiger partial charge in [0, 0.05) is 30.1 Å². The number of fused-ring (bicyclic) bond motifs is 1. The SMILES string of the molecule is CC(C)NCCC(=O)Cc1csc2ccccc12. The van der Waals surface area contributed by atoms with Crippen LogP contribution in [-0.4, -0.2) is 18.4 Å². The number of hydrogen-bond donors (Lipinski definition) is 1. The average Bonchev–Trinajstić information content (AvgIpc) is 2.72. The third-order valence-corrected chi connectivity index (χ3v) is 3.92. The van der Waals surface area contributed by atoms with E-state index in [4.69, 9.17) is 0 Å². The fourth-order valence-electron chi connectivity index (χ4n) is 1.97. The monoisotopic (exact) mass is 261 g/mol. The van der Waals surface area contributed by atoms with Crippen molar-refractivity contribution in [3.8, 4) is 0 Å². The summed E-state index contributed by atoms with van der Waals surface area (Å²) in [5.74, 6) is 0.312. The van der Waals surface area contributed by atoms with Crippen LogP contribution in [-0.2, 0) is 11.2 Å². The van der Waals surface area contributed by atoms with Gasteiger partial charge >= 0.3 is 0 Å². The highest BCUT2D eigenvalue weighted by atomic mass is 32.1. The Kier molecular flexibility index (Phi) is 4.50. The number of benzene rings is 1. The summed E-state index contributed by atoms with van der Waals surface area (Å²) in [6.07, 6.45) is 1.17. The maximum atomic E-state index is 11.9. The highest BCUT2D eigenvalue weighted by molar-refractivity contribution is 7.17. The van der Waals surface area contributed by atoms with E-state index >= 15 is 0 Å². The fourth-order valence-corrected chi connectivity index (χ4v) is 2.93. The molecule has 0 amide bonds. The van der Waals surface area contributed by atoms with E-state index in [1.807, 2.05) is 12.1 Å². The molecule has 96 valence electrons. The molecule has 0 radical (unpaired) electrons. The Labute approximate surface area is 112 Å². The van der Waals surface area contributed by atoms with Gasteiger partial charge in [-0.05, 0) is 22.4 Å². The second-order valence-corrected chi connectivity index (χ2v) is 5.74. The van der Waals surface area contributed by atoms with Crippen molar-refractivity contribution in [2.24, 2.45) is 0 Å². The van der Waals surface area contributed by atoms with Crippen LogP contribution in [0.5, 0.6) is 0 Å². The molecule has 0 aliphatic heterocycles. The molecule has 18 heavy (non-hydrogen) atoms. The molecular weight excluding hydrogens is 242 g/mol. The first kappa shape index (κ1) is 13.2. The van der Waals surface area contributed by atoms with Gasteiger partial charge in [-0.25, -0.2) is 0 Å². The topological polar surface area (TPSA) is 29.1 Å². The second-order valence-electron chi connectivity index (χ2n) is 4.83. The first-order valence-electron chi connectivity index (χ1n) is 6.37. The number of rotatable bonds is 6. The zero-order chi connectivity index (χ0) is 13.0. The molecule has 1 N–H and O–H groups in total. The number of thiophene rings is 1. The van der Waals surface area contributed by atoms with Crippen molar-refractivity contribution in [2.75, 3.05) is 6.54 Å². The minimum atomic E-state index is 0.312. The molecule has 0 bridgehead atoms. The van der Waals surface area contributed by atoms with E-state index in [0.717, 1.165) is 6.54 Å². The summed E-state index contributed by atoms with van der Waals surface area (Å²) < 4.78 is 1.26. The van der Waals surface area contributed by atoms with E-state index in [1.165, 1.54) is 15.6 Å². The Morgan fingerprint density at radius 2 is 2.11 bits per heavy atom. The lowest BCUT2D eigenvalue weighted by Crippen LogP contribution is -2.25. The highest BCUT2D eigenvalue weighted by Crippen LogP contribution is 2.26. The van der Waals surface area contributed by atoms with Crippen LogP contribution in [0.2, 0.25) is 0 Å². The summed E-state index contributed by atoms with van der Waals surface area (Å²) in [5.41, 5.74) is 1.17. The Bertz CT molecular complexity index is 530. The van der Waals surface area contributed by atoms with Gasteiger partial charge in [0.2, 0.25) is 0 Å². The highest BCUT2D eigenvalue weighted by Gasteiger charge is 2.08. The van der Waals surface area contributed by atoms with Crippen molar-refractivity contribution in [2.45, 2.75) is 32.7 Å². The van der Waals surface area contributed by atoms with Crippen molar-refractivity contribution >= 4 is 27.2 Å². The van der Waals surface area contributed by atoms with E-state index < -0.39 is 0 Å². The molecule has 0 saturated heterocycles. The Hall–Kier alpha value is -1.19. The Balaban J connectivity index is 1.95. The van der Waals surface area contributed by atoms with Gasteiger partial charge in [0.15, 0.2) is 0 Å². The smallest absolute Gasteiger partial charge is 0.138 e. The molecule has 0 aliphatic rings. The Morgan fingerprint density at radius 3 is 2.89 bits per heavy atom. The van der Waals surface area contributed by atoms with Gasteiger partial charge in [-0.2, -0.15) is 0 Å². The van der Waals surface area contributed by atoms with Crippen LogP contribution in [0.1, 0.15) is 25.8 Å². The minimum absolute atomic E-state index is 0.312. The molecule has 0 atom stereocenters. The summed E-state index contributed by atoms with van der Waals surface area (Å²) in [6, 6.07) is 8.72. The third kappa shape index (κ3) is 3.40. The maximum Gasteiger partial charge on any atom is 0.138 e. The van der Waals surface area contributed by atoms with Crippen LogP contribution in [0.15, 0.2) is 29.6 Å². The molecule has 2 nitrogen and oxygen atoms in total. The molecule has 0 saturated carbocycles. The zero-order valence-corrected chi connectivity index (χ0v) is 11.7. The van der Waals surface area contributed by atoms with Crippen LogP contribution >= 0.6 is 11.3 Å². The molecule has 1 heterocycles. The van der Waals surface area contributed by atoms with Crippen LogP contribution in [0.25, 0.3) is 10.1 Å². The van der Waals surface area contributed by atoms with E-state index in [1.54, 1.807) is 11.3 Å². The minimum Gasteiger partial charge on any atom is -0.314 e. The van der Waals surface area contributed by atoms with Crippen molar-refractivity contribution in [3.05, 3.63) is 35.2 Å². The summed E-state index contributed by atoms with van der Waals surface area (Å²) in [4.78, 5) is 11.9. The van der Waals surface area contributed by atoms with Gasteiger partial charge < -0.3 is 5.32 Å². The molecule has 1 aromatic heterocycles. The standard InChI is InChI=1S/C15H19NOS/c1-11(2)16-8-7-13(17)9-12-10-18-15-6-4-3-5-14(12)15/h3-6,10-11,16H,7-9H2,1-2H3. The average molecular weight is 261 g/mol. The van der Waals surface area contributed by atoms with E-state index in [2.05, 4.69) is 36.7 Å². The van der Waals surface area contributed by atoms with Crippen LogP contribution in [0.3, 0.4) is 0 Å². The lowest BCUT2D eigenvalue weighted by molar-refractivity contribution is -0.118. The molecule has 3 heteroatoms. The maximum absolute atomic E-state index is 11.9. The molecule has 0 fully saturated rings. The van der Waals surface area contributed by atoms with Crippen molar-refractivity contribution in [3.63, 3.8) is 0 Å². The first-order valence-corrected chi connectivity index (χ1v) is 7.25. The Morgan fingerprint density at radius 1 is 1.33 bits per heavy atom. The molecule has 0 unspecified atom stereocenters. The van der Waals surface area contributed by atoms with Crippen molar-refractivity contribution in [1.29, 1.82) is 0 Å². The predicted molar refractivity (Wildman–Crippen MR) is 78.3 cm³/mol. The molecular formula is C15H19NOS. The third-order valence-electron chi connectivity index (χ3n) is 2.91. The van der Waals surface area contributed by atoms with Crippen LogP contribution in [0.4, 0.5) is 0 Å². The van der Waals surface area contributed by atoms with E-state index in [-0.39, 0.29) is 0 Å². The van der Waals surface area contributed by atoms with Gasteiger partial charge in [0.1, 0.15) is 5.78 Å². The fraction of sp³-hybridized carbons (Fsp3) is 0.400. The van der Waals surface area contributed by atoms with E-state index in [0.29, 0.717) is 24.7 Å². The van der Waals surface area contributed by atoms with E-state index in [9.17, 15) is 4.79 Å². The van der Waals surface area contributed by atoms with Gasteiger partial charge in [-0.3, -0.25) is 4.79 Å². The summed E-state index contributed by atoms with van der Waals surface area (Å²) >= 11 is 1.72. The number of nitrogens with one attached hydrogen (secondary N) is 1. The normalized spacial score (nSPS) is 11.3. The van der Waals surface area contributed by atoms with Gasteiger partial charge in [0.05, 0.1) is 0 Å². The number of carbonyl (C=O) groups excluding carboxylic acids is 1. The molecule has 1 aromatic carbocycles. The number of carbonyl (C=O) groups is 1. The number of Topliss-reactive ketones (excluding diaryl/α,β-unsaturated/α-hetero) is 1. The second kappa shape index (κ2) is 6.12. The number of ketones is 1. The summed E-state index contributed by atoms with van der Waals surface area (Å²) in [5, 5.41) is 6.61. The quantitative estimate of drug-likeness (QED) is 0.863. The molecule has 0 spiro atoms. The van der Waals surface area contributed by atoms with Gasteiger partial charge in [-0.15, -0.1) is 11.3 Å². The largest absolute Gasteiger partial charge is 0.314 e. The first-order chi connectivity index (χ1) is 8.66. The summed E-state index contributed by atoms with van der Waals surface area (Å²) in [7, 11) is 0. The van der Waals surface area contributed by atoms with Crippen LogP contribution in [0, 0.1) is 0 Å². The lowest BCUT2D eigenvalue weighted by atomic mass is 10.1. The van der Waals surface area contributed by atoms with Gasteiger partial charge in [0.25, 0.3) is 0 Å². The summed E-state index contributed by atoms with van der Waals surface area (Å²) in [6.45, 7) is 4.96. The van der Waals surface area contributed by atoms with Crippen LogP contribution < -0.4 is 5.32 Å². The number of hydrogen-bond acceptors (Lipinski definition) is 3.